The first kappa shape index (κ1) is 17.3. The van der Waals surface area contributed by atoms with E-state index in [9.17, 15) is 13.5 Å². The quantitative estimate of drug-likeness (QED) is 0.687. The van der Waals surface area contributed by atoms with E-state index in [2.05, 4.69) is 4.72 Å². The van der Waals surface area contributed by atoms with E-state index in [4.69, 9.17) is 5.73 Å². The van der Waals surface area contributed by atoms with Crippen molar-refractivity contribution in [1.29, 1.82) is 0 Å². The molecular weight excluding hydrogens is 296 g/mol. The van der Waals surface area contributed by atoms with Crippen molar-refractivity contribution >= 4 is 27.5 Å². The van der Waals surface area contributed by atoms with Crippen molar-refractivity contribution in [2.45, 2.75) is 37.0 Å². The highest BCUT2D eigenvalue weighted by atomic mass is 32.2. The Kier molecular flexibility index (Phi) is 5.88. The summed E-state index contributed by atoms with van der Waals surface area (Å²) in [6, 6.07) is 2.98. The zero-order chi connectivity index (χ0) is 15.5. The van der Waals surface area contributed by atoms with Crippen molar-refractivity contribution < 1.29 is 13.5 Å². The maximum absolute atomic E-state index is 12.4. The second-order valence-corrected chi connectivity index (χ2v) is 7.60. The van der Waals surface area contributed by atoms with E-state index in [1.54, 1.807) is 32.9 Å². The number of aliphatic hydroxyl groups is 1. The summed E-state index contributed by atoms with van der Waals surface area (Å²) in [6.45, 7) is 5.14. The van der Waals surface area contributed by atoms with Gasteiger partial charge in [0.25, 0.3) is 0 Å². The summed E-state index contributed by atoms with van der Waals surface area (Å²) in [4.78, 5) is 0.194. The third-order valence-corrected chi connectivity index (χ3v) is 6.06. The Balaban J connectivity index is 3.12. The molecule has 1 aromatic carbocycles. The average Bonchev–Trinajstić information content (AvgIpc) is 2.34. The lowest BCUT2D eigenvalue weighted by Gasteiger charge is -2.22. The number of nitrogens with two attached hydrogens (primary N) is 1. The molecular formula is C13H22N2O3S2. The molecule has 0 radical (unpaired) electrons. The number of rotatable bonds is 6. The van der Waals surface area contributed by atoms with Crippen LogP contribution in [0.15, 0.2) is 17.0 Å². The number of thioether (sulfide) groups is 1. The third kappa shape index (κ3) is 3.88. The minimum atomic E-state index is -3.65. The van der Waals surface area contributed by atoms with E-state index in [0.29, 0.717) is 11.3 Å². The molecule has 0 aliphatic heterocycles. The highest BCUT2D eigenvalue weighted by Gasteiger charge is 2.24. The first-order valence-electron chi connectivity index (χ1n) is 6.25. The molecule has 7 heteroatoms. The van der Waals surface area contributed by atoms with Crippen molar-refractivity contribution in [2.75, 3.05) is 18.6 Å². The topological polar surface area (TPSA) is 92.4 Å². The van der Waals surface area contributed by atoms with Gasteiger partial charge in [0, 0.05) is 17.0 Å². The predicted octanol–water partition coefficient (Wildman–Crippen LogP) is 1.28. The summed E-state index contributed by atoms with van der Waals surface area (Å²) in [6.07, 6.45) is 1.83. The van der Waals surface area contributed by atoms with Gasteiger partial charge in [0.05, 0.1) is 11.5 Å². The van der Waals surface area contributed by atoms with Gasteiger partial charge >= 0.3 is 0 Å². The molecule has 0 aromatic heterocycles. The lowest BCUT2D eigenvalue weighted by molar-refractivity contribution is 0.282. The van der Waals surface area contributed by atoms with Crippen molar-refractivity contribution in [3.05, 3.63) is 23.3 Å². The van der Waals surface area contributed by atoms with Crippen molar-refractivity contribution in [3.63, 3.8) is 0 Å². The summed E-state index contributed by atoms with van der Waals surface area (Å²) in [5.41, 5.74) is 7.62. The van der Waals surface area contributed by atoms with Crippen LogP contribution in [0.1, 0.15) is 18.1 Å². The Labute approximate surface area is 125 Å². The van der Waals surface area contributed by atoms with Gasteiger partial charge in [-0.25, -0.2) is 13.1 Å². The lowest BCUT2D eigenvalue weighted by atomic mass is 10.1. The summed E-state index contributed by atoms with van der Waals surface area (Å²) in [5.74, 6) is 0. The molecule has 1 rings (SSSR count). The normalized spacial score (nSPS) is 15.1. The molecule has 0 bridgehead atoms. The van der Waals surface area contributed by atoms with E-state index in [0.717, 1.165) is 5.56 Å². The number of aryl methyl sites for hydroxylation is 1. The van der Waals surface area contributed by atoms with Gasteiger partial charge in [-0.3, -0.25) is 0 Å². The maximum atomic E-state index is 12.4. The summed E-state index contributed by atoms with van der Waals surface area (Å²) in [5, 5.41) is 9.04. The average molecular weight is 318 g/mol. The van der Waals surface area contributed by atoms with Crippen LogP contribution in [0.3, 0.4) is 0 Å². The van der Waals surface area contributed by atoms with Crippen LogP contribution in [0, 0.1) is 13.8 Å². The summed E-state index contributed by atoms with van der Waals surface area (Å²) >= 11 is 1.42. The molecule has 20 heavy (non-hydrogen) atoms. The molecule has 0 aliphatic carbocycles. The minimum absolute atomic E-state index is 0.0835. The Morgan fingerprint density at radius 3 is 2.50 bits per heavy atom. The van der Waals surface area contributed by atoms with Crippen LogP contribution < -0.4 is 10.5 Å². The third-order valence-electron chi connectivity index (χ3n) is 3.22. The van der Waals surface area contributed by atoms with Gasteiger partial charge in [0.15, 0.2) is 0 Å². The first-order valence-corrected chi connectivity index (χ1v) is 9.02. The fraction of sp³-hybridized carbons (Fsp3) is 0.538. The summed E-state index contributed by atoms with van der Waals surface area (Å²) < 4.78 is 27.5. The fourth-order valence-corrected chi connectivity index (χ4v) is 4.31. The van der Waals surface area contributed by atoms with Crippen LogP contribution in [0.4, 0.5) is 5.69 Å². The Bertz CT molecular complexity index is 569. The second-order valence-electron chi connectivity index (χ2n) is 4.84. The van der Waals surface area contributed by atoms with E-state index >= 15 is 0 Å². The molecule has 2 unspecified atom stereocenters. The smallest absolute Gasteiger partial charge is 0.241 e. The number of nitrogen functional groups attached to an aromatic ring is 1. The highest BCUT2D eigenvalue weighted by molar-refractivity contribution is 7.99. The highest BCUT2D eigenvalue weighted by Crippen LogP contribution is 2.24. The molecule has 114 valence electrons. The maximum Gasteiger partial charge on any atom is 0.241 e. The van der Waals surface area contributed by atoms with Crippen molar-refractivity contribution in [1.82, 2.24) is 4.72 Å². The number of nitrogens with one attached hydrogen (secondary N) is 1. The molecule has 0 amide bonds. The largest absolute Gasteiger partial charge is 0.398 e. The molecule has 5 nitrogen and oxygen atoms in total. The molecule has 0 aliphatic rings. The van der Waals surface area contributed by atoms with Gasteiger partial charge in [-0.15, -0.1) is 0 Å². The molecule has 0 heterocycles. The van der Waals surface area contributed by atoms with Gasteiger partial charge < -0.3 is 10.8 Å². The van der Waals surface area contributed by atoms with Crippen LogP contribution in [0.5, 0.6) is 0 Å². The molecule has 0 fully saturated rings. The zero-order valence-electron chi connectivity index (χ0n) is 12.2. The second kappa shape index (κ2) is 6.80. The number of hydrogen-bond acceptors (Lipinski definition) is 5. The lowest BCUT2D eigenvalue weighted by Crippen LogP contribution is -2.41. The Morgan fingerprint density at radius 2 is 2.00 bits per heavy atom. The molecule has 0 saturated heterocycles. The summed E-state index contributed by atoms with van der Waals surface area (Å²) in [7, 11) is -3.65. The molecule has 2 atom stereocenters. The Hall–Kier alpha value is -0.760. The number of hydrogen-bond donors (Lipinski definition) is 3. The van der Waals surface area contributed by atoms with Crippen LogP contribution in [-0.4, -0.2) is 37.7 Å². The van der Waals surface area contributed by atoms with Gasteiger partial charge in [-0.1, -0.05) is 0 Å². The fourth-order valence-electron chi connectivity index (χ4n) is 1.95. The van der Waals surface area contributed by atoms with Crippen LogP contribution in [0.25, 0.3) is 0 Å². The number of aliphatic hydroxyl groups excluding tert-OH is 1. The minimum Gasteiger partial charge on any atom is -0.398 e. The van der Waals surface area contributed by atoms with Gasteiger partial charge in [0.2, 0.25) is 10.0 Å². The molecule has 1 aromatic rings. The number of benzene rings is 1. The van der Waals surface area contributed by atoms with Gasteiger partial charge in [0.1, 0.15) is 0 Å². The standard InChI is InChI=1S/C13H22N2O3S2/c1-8-5-11(14)9(2)13(6-8)20(17,18)15-10(3)12(7-16)19-4/h5-6,10,12,15-16H,7,14H2,1-4H3. The van der Waals surface area contributed by atoms with E-state index in [1.807, 2.05) is 6.26 Å². The van der Waals surface area contributed by atoms with Gasteiger partial charge in [-0.05, 0) is 50.3 Å². The Morgan fingerprint density at radius 1 is 1.40 bits per heavy atom. The molecule has 4 N–H and O–H groups in total. The SMILES string of the molecule is CSC(CO)C(C)NS(=O)(=O)c1cc(C)cc(N)c1C. The van der Waals surface area contributed by atoms with Gasteiger partial charge in [-0.2, -0.15) is 11.8 Å². The number of anilines is 1. The van der Waals surface area contributed by atoms with E-state index in [1.165, 1.54) is 11.8 Å². The van der Waals surface area contributed by atoms with Crippen LogP contribution in [-0.2, 0) is 10.0 Å². The molecule has 0 spiro atoms. The van der Waals surface area contributed by atoms with Crippen molar-refractivity contribution in [3.8, 4) is 0 Å². The van der Waals surface area contributed by atoms with Crippen LogP contribution >= 0.6 is 11.8 Å². The number of sulfonamides is 1. The zero-order valence-corrected chi connectivity index (χ0v) is 13.8. The predicted molar refractivity (Wildman–Crippen MR) is 84.5 cm³/mol. The van der Waals surface area contributed by atoms with Crippen LogP contribution in [0.2, 0.25) is 0 Å². The van der Waals surface area contributed by atoms with Crippen molar-refractivity contribution in [2.24, 2.45) is 0 Å². The monoisotopic (exact) mass is 318 g/mol. The van der Waals surface area contributed by atoms with E-state index < -0.39 is 10.0 Å². The first-order chi connectivity index (χ1) is 9.22. The molecule has 0 saturated carbocycles. The van der Waals surface area contributed by atoms with E-state index in [-0.39, 0.29) is 22.8 Å².